The third-order valence-electron chi connectivity index (χ3n) is 7.15. The molecule has 2 atom stereocenters. The van der Waals surface area contributed by atoms with Crippen molar-refractivity contribution >= 4 is 5.69 Å². The second kappa shape index (κ2) is 9.87. The fraction of sp³-hybridized carbons (Fsp3) is 0.538. The molecule has 3 aliphatic rings. The molecule has 0 amide bonds. The minimum absolute atomic E-state index is 0.150. The average molecular weight is 492 g/mol. The van der Waals surface area contributed by atoms with Gasteiger partial charge in [-0.15, -0.1) is 0 Å². The van der Waals surface area contributed by atoms with Gasteiger partial charge in [0.25, 0.3) is 5.92 Å². The molecule has 6 nitrogen and oxygen atoms in total. The van der Waals surface area contributed by atoms with Crippen LogP contribution in [-0.2, 0) is 6.42 Å². The van der Waals surface area contributed by atoms with Gasteiger partial charge in [-0.2, -0.15) is 0 Å². The second-order valence-electron chi connectivity index (χ2n) is 9.81. The molecule has 0 aromatic heterocycles. The zero-order valence-corrected chi connectivity index (χ0v) is 19.9. The van der Waals surface area contributed by atoms with Gasteiger partial charge in [-0.3, -0.25) is 14.2 Å². The monoisotopic (exact) mass is 491 g/mol. The van der Waals surface area contributed by atoms with E-state index in [2.05, 4.69) is 10.2 Å². The van der Waals surface area contributed by atoms with Crippen molar-refractivity contribution in [3.8, 4) is 11.5 Å². The summed E-state index contributed by atoms with van der Waals surface area (Å²) in [5.74, 6) is -1.90. The van der Waals surface area contributed by atoms with Crippen LogP contribution in [0.25, 0.3) is 0 Å². The highest BCUT2D eigenvalue weighted by Crippen LogP contribution is 2.45. The van der Waals surface area contributed by atoms with Crippen molar-refractivity contribution in [1.29, 1.82) is 0 Å². The highest BCUT2D eigenvalue weighted by molar-refractivity contribution is 5.54. The molecule has 2 aromatic rings. The Labute approximate surface area is 203 Å². The first-order chi connectivity index (χ1) is 16.9. The highest BCUT2D eigenvalue weighted by atomic mass is 19.3. The lowest BCUT2D eigenvalue weighted by Gasteiger charge is -2.43. The molecule has 2 N–H and O–H groups in total. The van der Waals surface area contributed by atoms with Crippen LogP contribution in [0.5, 0.6) is 11.5 Å². The Morgan fingerprint density at radius 1 is 1.11 bits per heavy atom. The predicted octanol–water partition coefficient (Wildman–Crippen LogP) is 3.83. The van der Waals surface area contributed by atoms with Gasteiger partial charge in [0, 0.05) is 31.4 Å². The first-order valence-electron chi connectivity index (χ1n) is 12.2. The standard InChI is InChI=1S/C26H32F3N3O3/c1-17-9-19-10-23-24(35-16-34-23)11-22(19)25(32(17)14-26(28,29)15-33)18-3-5-20(6-4-18)30-21-12-31(13-21)8-2-7-27/h3-6,10-11,17,21,25,30,33H,2,7-9,12-16H2,1H3/t17-,25-/m1/s1. The van der Waals surface area contributed by atoms with E-state index in [4.69, 9.17) is 9.47 Å². The van der Waals surface area contributed by atoms with Crippen molar-refractivity contribution in [1.82, 2.24) is 9.80 Å². The van der Waals surface area contributed by atoms with E-state index < -0.39 is 25.1 Å². The minimum atomic E-state index is -3.21. The molecule has 0 spiro atoms. The van der Waals surface area contributed by atoms with Crippen molar-refractivity contribution < 1.29 is 27.8 Å². The summed E-state index contributed by atoms with van der Waals surface area (Å²) in [6, 6.07) is 11.5. The van der Waals surface area contributed by atoms with Crippen LogP contribution in [0.15, 0.2) is 36.4 Å². The molecule has 0 radical (unpaired) electrons. The second-order valence-corrected chi connectivity index (χ2v) is 9.81. The van der Waals surface area contributed by atoms with E-state index in [1.165, 1.54) is 0 Å². The lowest BCUT2D eigenvalue weighted by molar-refractivity contribution is -0.0862. The van der Waals surface area contributed by atoms with E-state index in [0.29, 0.717) is 30.4 Å². The quantitative estimate of drug-likeness (QED) is 0.556. The molecule has 5 rings (SSSR count). The van der Waals surface area contributed by atoms with Crippen molar-refractivity contribution in [2.45, 2.75) is 43.8 Å². The molecule has 1 saturated heterocycles. The summed E-state index contributed by atoms with van der Waals surface area (Å²) in [7, 11) is 0. The fourth-order valence-corrected chi connectivity index (χ4v) is 5.36. The Hall–Kier alpha value is -2.49. The van der Waals surface area contributed by atoms with Crippen molar-refractivity contribution in [3.63, 3.8) is 0 Å². The number of fused-ring (bicyclic) bond motifs is 2. The van der Waals surface area contributed by atoms with E-state index >= 15 is 0 Å². The molecule has 0 saturated carbocycles. The smallest absolute Gasteiger partial charge is 0.283 e. The topological polar surface area (TPSA) is 57.2 Å². The number of ether oxygens (including phenoxy) is 2. The number of anilines is 1. The molecule has 9 heteroatoms. The van der Waals surface area contributed by atoms with Gasteiger partial charge in [-0.25, -0.2) is 8.78 Å². The van der Waals surface area contributed by atoms with Gasteiger partial charge >= 0.3 is 0 Å². The molecule has 3 heterocycles. The average Bonchev–Trinajstić information content (AvgIpc) is 3.27. The minimum Gasteiger partial charge on any atom is -0.454 e. The lowest BCUT2D eigenvalue weighted by atomic mass is 9.84. The number of alkyl halides is 3. The molecule has 1 fully saturated rings. The Balaban J connectivity index is 1.39. The van der Waals surface area contributed by atoms with Crippen LogP contribution < -0.4 is 14.8 Å². The van der Waals surface area contributed by atoms with Crippen LogP contribution in [-0.4, -0.2) is 79.2 Å². The van der Waals surface area contributed by atoms with E-state index in [-0.39, 0.29) is 19.5 Å². The Bertz CT molecular complexity index is 1030. The molecular weight excluding hydrogens is 459 g/mol. The Morgan fingerprint density at radius 2 is 1.83 bits per heavy atom. The van der Waals surface area contributed by atoms with E-state index in [0.717, 1.165) is 42.0 Å². The maximum atomic E-state index is 14.4. The van der Waals surface area contributed by atoms with Crippen LogP contribution in [0.3, 0.4) is 0 Å². The van der Waals surface area contributed by atoms with Crippen molar-refractivity contribution in [2.75, 3.05) is 51.6 Å². The third-order valence-corrected chi connectivity index (χ3v) is 7.15. The summed E-state index contributed by atoms with van der Waals surface area (Å²) < 4.78 is 52.3. The molecular formula is C26H32F3N3O3. The normalized spacial score (nSPS) is 22.7. The Kier molecular flexibility index (Phi) is 6.83. The maximum absolute atomic E-state index is 14.4. The number of aliphatic hydroxyl groups excluding tert-OH is 1. The molecule has 35 heavy (non-hydrogen) atoms. The van der Waals surface area contributed by atoms with Crippen molar-refractivity contribution in [3.05, 3.63) is 53.1 Å². The number of benzene rings is 2. The molecule has 0 unspecified atom stereocenters. The maximum Gasteiger partial charge on any atom is 0.283 e. The summed E-state index contributed by atoms with van der Waals surface area (Å²) in [5.41, 5.74) is 3.84. The van der Waals surface area contributed by atoms with Gasteiger partial charge in [-0.05, 0) is 60.7 Å². The number of aliphatic hydroxyl groups is 1. The third kappa shape index (κ3) is 5.08. The number of nitrogens with zero attached hydrogens (tertiary/aromatic N) is 2. The number of halogens is 3. The number of nitrogens with one attached hydrogen (secondary N) is 1. The van der Waals surface area contributed by atoms with E-state index in [1.807, 2.05) is 43.3 Å². The van der Waals surface area contributed by atoms with Gasteiger partial charge in [0.1, 0.15) is 6.61 Å². The van der Waals surface area contributed by atoms with Crippen LogP contribution in [0.1, 0.15) is 36.1 Å². The van der Waals surface area contributed by atoms with E-state index in [1.54, 1.807) is 4.90 Å². The van der Waals surface area contributed by atoms with Crippen LogP contribution in [0, 0.1) is 0 Å². The van der Waals surface area contributed by atoms with Gasteiger partial charge in [0.2, 0.25) is 6.79 Å². The van der Waals surface area contributed by atoms with Crippen molar-refractivity contribution in [2.24, 2.45) is 0 Å². The van der Waals surface area contributed by atoms with Gasteiger partial charge < -0.3 is 19.9 Å². The molecule has 3 aliphatic heterocycles. The van der Waals surface area contributed by atoms with Crippen LogP contribution in [0.4, 0.5) is 18.9 Å². The molecule has 0 bridgehead atoms. The van der Waals surface area contributed by atoms with Gasteiger partial charge in [-0.1, -0.05) is 12.1 Å². The first kappa shape index (κ1) is 24.2. The van der Waals surface area contributed by atoms with Crippen LogP contribution >= 0.6 is 0 Å². The number of rotatable bonds is 9. The molecule has 0 aliphatic carbocycles. The Morgan fingerprint density at radius 3 is 2.51 bits per heavy atom. The fourth-order valence-electron chi connectivity index (χ4n) is 5.36. The lowest BCUT2D eigenvalue weighted by Crippen LogP contribution is -2.54. The zero-order chi connectivity index (χ0) is 24.6. The van der Waals surface area contributed by atoms with Gasteiger partial charge in [0.05, 0.1) is 25.3 Å². The SMILES string of the molecule is C[C@@H]1Cc2cc3c(cc2[C@@H](c2ccc(NC4CN(CCCF)C4)cc2)N1CC(F)(F)CO)OCO3. The molecule has 2 aromatic carbocycles. The largest absolute Gasteiger partial charge is 0.454 e. The predicted molar refractivity (Wildman–Crippen MR) is 127 cm³/mol. The summed E-state index contributed by atoms with van der Waals surface area (Å²) in [6.45, 7) is 2.61. The summed E-state index contributed by atoms with van der Waals surface area (Å²) >= 11 is 0. The number of hydrogen-bond donors (Lipinski definition) is 2. The summed E-state index contributed by atoms with van der Waals surface area (Å²) in [5, 5.41) is 12.8. The number of hydrogen-bond acceptors (Lipinski definition) is 6. The van der Waals surface area contributed by atoms with Gasteiger partial charge in [0.15, 0.2) is 11.5 Å². The van der Waals surface area contributed by atoms with Crippen LogP contribution in [0.2, 0.25) is 0 Å². The number of likely N-dealkylation sites (tertiary alicyclic amines) is 1. The first-order valence-corrected chi connectivity index (χ1v) is 12.2. The zero-order valence-electron chi connectivity index (χ0n) is 19.9. The summed E-state index contributed by atoms with van der Waals surface area (Å²) in [4.78, 5) is 3.99. The highest BCUT2D eigenvalue weighted by Gasteiger charge is 2.41. The molecule has 190 valence electrons. The summed E-state index contributed by atoms with van der Waals surface area (Å²) in [6.07, 6.45) is 1.17. The van der Waals surface area contributed by atoms with E-state index in [9.17, 15) is 18.3 Å².